The van der Waals surface area contributed by atoms with Gasteiger partial charge in [0.05, 0.1) is 0 Å². The van der Waals surface area contributed by atoms with Crippen LogP contribution in [0.4, 0.5) is 28.6 Å². The van der Waals surface area contributed by atoms with Gasteiger partial charge in [-0.05, 0) is 89.7 Å². The van der Waals surface area contributed by atoms with Crippen LogP contribution in [0.3, 0.4) is 0 Å². The van der Waals surface area contributed by atoms with Crippen LogP contribution < -0.4 is 19.4 Å². The van der Waals surface area contributed by atoms with E-state index in [1.165, 1.54) is 28.0 Å². The van der Waals surface area contributed by atoms with E-state index in [2.05, 4.69) is 168 Å². The number of hydrogen-bond donors (Lipinski definition) is 0. The van der Waals surface area contributed by atoms with Gasteiger partial charge in [-0.3, -0.25) is 0 Å². The second-order valence-electron chi connectivity index (χ2n) is 15.7. The smallest absolute Gasteiger partial charge is 0.136 e. The van der Waals surface area contributed by atoms with Gasteiger partial charge in [0.1, 0.15) is 5.82 Å². The molecule has 6 aromatic rings. The molecule has 1 aliphatic rings. The van der Waals surface area contributed by atoms with E-state index >= 15 is 0 Å². The average molecular weight is 891 g/mol. The Morgan fingerprint density at radius 2 is 1.35 bits per heavy atom. The second kappa shape index (κ2) is 15.7. The molecule has 0 atom stereocenters. The summed E-state index contributed by atoms with van der Waals surface area (Å²) in [5, 5.41) is 0. The number of aryl methyl sites for hydroxylation is 2. The molecule has 0 aliphatic carbocycles. The van der Waals surface area contributed by atoms with Crippen LogP contribution in [0.2, 0.25) is 0 Å². The van der Waals surface area contributed by atoms with Gasteiger partial charge in [0.2, 0.25) is 0 Å². The summed E-state index contributed by atoms with van der Waals surface area (Å²) in [5.41, 5.74) is 11.1. The third kappa shape index (κ3) is 8.32. The number of hydrogen-bond acceptors (Lipinski definition) is 5. The van der Waals surface area contributed by atoms with Crippen LogP contribution in [0, 0.1) is 38.1 Å². The fourth-order valence-electron chi connectivity index (χ4n) is 6.76. The molecule has 6 heteroatoms. The molecule has 7 rings (SSSR count). The number of ether oxygens (including phenoxy) is 1. The summed E-state index contributed by atoms with van der Waals surface area (Å²) in [5.74, 6) is 1.98. The van der Waals surface area contributed by atoms with E-state index in [0.717, 1.165) is 34.1 Å². The molecule has 0 radical (unpaired) electrons. The number of aromatic nitrogens is 1. The third-order valence-electron chi connectivity index (χ3n) is 9.52. The van der Waals surface area contributed by atoms with Gasteiger partial charge in [-0.1, -0.05) is 95.8 Å². The quantitative estimate of drug-likeness (QED) is 0.142. The van der Waals surface area contributed by atoms with Crippen molar-refractivity contribution in [3.05, 3.63) is 175 Å². The average Bonchev–Trinajstić information content (AvgIpc) is 3.60. The Balaban J connectivity index is 0.00000497. The number of benzene rings is 5. The van der Waals surface area contributed by atoms with Crippen molar-refractivity contribution < 1.29 is 25.8 Å². The van der Waals surface area contributed by atoms with Crippen LogP contribution in [-0.2, 0) is 26.5 Å². The summed E-state index contributed by atoms with van der Waals surface area (Å²) in [6.07, 6.45) is 4.08. The maximum absolute atomic E-state index is 6.49. The van der Waals surface area contributed by atoms with E-state index in [-0.39, 0.29) is 31.9 Å². The van der Waals surface area contributed by atoms with E-state index in [1.807, 2.05) is 54.7 Å². The molecular weight excluding hydrogens is 844 g/mol. The van der Waals surface area contributed by atoms with Crippen LogP contribution in [-0.4, -0.2) is 4.98 Å². The first-order valence-corrected chi connectivity index (χ1v) is 18.2. The van der Waals surface area contributed by atoms with Crippen molar-refractivity contribution in [3.63, 3.8) is 0 Å². The normalized spacial score (nSPS) is 13.0. The molecule has 0 bridgehead atoms. The van der Waals surface area contributed by atoms with Gasteiger partial charge in [-0.2, -0.15) is 12.1 Å². The van der Waals surface area contributed by atoms with Gasteiger partial charge in [0.15, 0.2) is 0 Å². The molecule has 2 heterocycles. The van der Waals surface area contributed by atoms with Crippen molar-refractivity contribution in [1.82, 2.24) is 4.98 Å². The SMILES string of the molecule is Cc1cccc(C)c1-c1ccnc(N(c2[c-]c(Oc3[c-]c(N4C=C(C(C)(C)C)N(c5cccc(C(C)(C)C)c5)[CH-]4)ccc3)ccc2)c2ccccc2)c1.[Pt]. The molecule has 0 amide bonds. The Morgan fingerprint density at radius 1 is 0.685 bits per heavy atom. The number of nitrogens with zero attached hydrogens (tertiary/aromatic N) is 4. The van der Waals surface area contributed by atoms with Gasteiger partial charge in [-0.15, -0.1) is 48.8 Å². The van der Waals surface area contributed by atoms with Crippen molar-refractivity contribution in [2.24, 2.45) is 5.41 Å². The summed E-state index contributed by atoms with van der Waals surface area (Å²) in [6.45, 7) is 19.9. The monoisotopic (exact) mass is 890 g/mol. The zero-order chi connectivity index (χ0) is 37.3. The van der Waals surface area contributed by atoms with Crippen LogP contribution in [0.5, 0.6) is 11.5 Å². The first-order chi connectivity index (χ1) is 25.3. The minimum Gasteiger partial charge on any atom is -0.509 e. The predicted molar refractivity (Wildman–Crippen MR) is 220 cm³/mol. The number of anilines is 5. The first-order valence-electron chi connectivity index (χ1n) is 18.2. The van der Waals surface area contributed by atoms with Gasteiger partial charge in [0.25, 0.3) is 0 Å². The number of allylic oxidation sites excluding steroid dienone is 1. The van der Waals surface area contributed by atoms with Gasteiger partial charge >= 0.3 is 0 Å². The minimum absolute atomic E-state index is 0. The molecule has 0 N–H and O–H groups in total. The molecule has 0 saturated carbocycles. The van der Waals surface area contributed by atoms with E-state index in [1.54, 1.807) is 0 Å². The molecule has 5 aromatic carbocycles. The zero-order valence-electron chi connectivity index (χ0n) is 32.3. The molecule has 278 valence electrons. The molecule has 1 aromatic heterocycles. The Labute approximate surface area is 336 Å². The third-order valence-corrected chi connectivity index (χ3v) is 9.52. The molecule has 0 saturated heterocycles. The molecule has 0 fully saturated rings. The van der Waals surface area contributed by atoms with E-state index in [0.29, 0.717) is 11.5 Å². The molecule has 54 heavy (non-hydrogen) atoms. The van der Waals surface area contributed by atoms with Crippen LogP contribution in [0.25, 0.3) is 11.1 Å². The maximum Gasteiger partial charge on any atom is 0.136 e. The molecule has 0 unspecified atom stereocenters. The predicted octanol–water partition coefficient (Wildman–Crippen LogP) is 12.9. The van der Waals surface area contributed by atoms with Crippen LogP contribution in [0.15, 0.2) is 139 Å². The Morgan fingerprint density at radius 3 is 2.06 bits per heavy atom. The number of para-hydroxylation sites is 1. The van der Waals surface area contributed by atoms with Crippen molar-refractivity contribution in [2.45, 2.75) is 60.8 Å². The molecule has 5 nitrogen and oxygen atoms in total. The van der Waals surface area contributed by atoms with E-state index < -0.39 is 0 Å². The van der Waals surface area contributed by atoms with E-state index in [9.17, 15) is 0 Å². The summed E-state index contributed by atoms with van der Waals surface area (Å²) in [4.78, 5) is 11.4. The van der Waals surface area contributed by atoms with Crippen molar-refractivity contribution in [3.8, 4) is 22.6 Å². The van der Waals surface area contributed by atoms with Crippen LogP contribution in [0.1, 0.15) is 58.2 Å². The molecule has 1 aliphatic heterocycles. The zero-order valence-corrected chi connectivity index (χ0v) is 34.6. The van der Waals surface area contributed by atoms with Gasteiger partial charge in [0, 0.05) is 61.2 Å². The topological polar surface area (TPSA) is 31.8 Å². The molecule has 0 spiro atoms. The Hall–Kier alpha value is -5.12. The largest absolute Gasteiger partial charge is 0.509 e. The number of pyridine rings is 1. The fourth-order valence-corrected chi connectivity index (χ4v) is 6.76. The second-order valence-corrected chi connectivity index (χ2v) is 15.7. The standard InChI is InChI=1S/C48H47N4O.Pt/c1-34-16-12-17-35(2)46(34)36-26-27-49-45(28-36)52(38-19-10-9-11-20-38)41-23-15-25-43(31-41)53-42-24-14-21-39(30-42)50-32-44(48(6,7)8)51(33-50)40-22-13-18-37(29-40)47(3,4)5;/h9-29,32-33H,1-8H3;/q-3;. The van der Waals surface area contributed by atoms with Gasteiger partial charge in [-0.25, -0.2) is 4.98 Å². The summed E-state index contributed by atoms with van der Waals surface area (Å²) in [6, 6.07) is 48.7. The number of rotatable bonds is 8. The van der Waals surface area contributed by atoms with Gasteiger partial charge < -0.3 is 19.4 Å². The van der Waals surface area contributed by atoms with Crippen molar-refractivity contribution in [1.29, 1.82) is 0 Å². The van der Waals surface area contributed by atoms with Crippen molar-refractivity contribution in [2.75, 3.05) is 14.7 Å². The summed E-state index contributed by atoms with van der Waals surface area (Å²) >= 11 is 0. The minimum atomic E-state index is -0.0930. The fraction of sp³-hybridized carbons (Fsp3) is 0.208. The van der Waals surface area contributed by atoms with Crippen molar-refractivity contribution >= 4 is 28.6 Å². The Bertz CT molecular complexity index is 2250. The first kappa shape index (κ1) is 38.6. The van der Waals surface area contributed by atoms with E-state index in [4.69, 9.17) is 9.72 Å². The maximum atomic E-state index is 6.49. The summed E-state index contributed by atoms with van der Waals surface area (Å²) < 4.78 is 6.49. The Kier molecular flexibility index (Phi) is 11.2. The molecular formula is C48H47N4OPt-3. The summed E-state index contributed by atoms with van der Waals surface area (Å²) in [7, 11) is 0. The van der Waals surface area contributed by atoms with Crippen LogP contribution >= 0.6 is 0 Å².